The molecule has 0 aliphatic heterocycles. The Balaban J connectivity index is 1.65. The van der Waals surface area contributed by atoms with E-state index < -0.39 is 5.56 Å². The minimum atomic E-state index is -0.413. The number of nitrogens with zero attached hydrogens (tertiary/aromatic N) is 4. The molecule has 2 heterocycles. The van der Waals surface area contributed by atoms with Crippen molar-refractivity contribution in [1.82, 2.24) is 19.1 Å². The van der Waals surface area contributed by atoms with Crippen molar-refractivity contribution < 1.29 is 5.11 Å². The highest BCUT2D eigenvalue weighted by Crippen LogP contribution is 2.22. The average molecular weight is 388 g/mol. The molecule has 8 heteroatoms. The molecule has 0 aromatic carbocycles. The average Bonchev–Trinajstić information content (AvgIpc) is 3.18. The van der Waals surface area contributed by atoms with Crippen molar-refractivity contribution in [3.8, 4) is 5.88 Å². The summed E-state index contributed by atoms with van der Waals surface area (Å²) in [7, 11) is 0. The zero-order valence-corrected chi connectivity index (χ0v) is 16.1. The van der Waals surface area contributed by atoms with Crippen LogP contribution in [-0.2, 0) is 13.1 Å². The summed E-state index contributed by atoms with van der Waals surface area (Å²) in [5.41, 5.74) is 1.14. The zero-order valence-electron chi connectivity index (χ0n) is 15.3. The quantitative estimate of drug-likeness (QED) is 0.315. The van der Waals surface area contributed by atoms with Crippen molar-refractivity contribution in [1.29, 1.82) is 0 Å². The molecule has 1 aliphatic rings. The lowest BCUT2D eigenvalue weighted by atomic mass is 9.97. The van der Waals surface area contributed by atoms with E-state index in [-0.39, 0.29) is 16.2 Å². The van der Waals surface area contributed by atoms with E-state index in [0.717, 1.165) is 32.2 Å². The van der Waals surface area contributed by atoms with Crippen LogP contribution in [0.15, 0.2) is 40.2 Å². The van der Waals surface area contributed by atoms with E-state index in [2.05, 4.69) is 21.0 Å². The van der Waals surface area contributed by atoms with Crippen molar-refractivity contribution in [2.24, 2.45) is 4.99 Å². The Hall–Kier alpha value is -2.48. The number of imidazole rings is 1. The second kappa shape index (κ2) is 9.45. The van der Waals surface area contributed by atoms with Gasteiger partial charge < -0.3 is 9.67 Å². The van der Waals surface area contributed by atoms with Gasteiger partial charge in [0.25, 0.3) is 5.56 Å². The largest absolute Gasteiger partial charge is 0.494 e. The molecule has 144 valence electrons. The van der Waals surface area contributed by atoms with Crippen LogP contribution in [0, 0.1) is 4.77 Å². The van der Waals surface area contributed by atoms with E-state index in [0.29, 0.717) is 13.1 Å². The number of aromatic nitrogens is 4. The zero-order chi connectivity index (χ0) is 19.1. The van der Waals surface area contributed by atoms with Gasteiger partial charge in [0.1, 0.15) is 5.56 Å². The van der Waals surface area contributed by atoms with Gasteiger partial charge in [-0.15, -0.1) is 0 Å². The summed E-state index contributed by atoms with van der Waals surface area (Å²) in [6, 6.07) is 0. The molecule has 0 spiro atoms. The lowest BCUT2D eigenvalue weighted by Crippen LogP contribution is -2.19. The molecule has 7 nitrogen and oxygen atoms in total. The van der Waals surface area contributed by atoms with Crippen LogP contribution >= 0.6 is 12.2 Å². The Morgan fingerprint density at radius 2 is 2.26 bits per heavy atom. The number of rotatable bonds is 8. The van der Waals surface area contributed by atoms with Crippen LogP contribution in [0.5, 0.6) is 5.88 Å². The smallest absolute Gasteiger partial charge is 0.264 e. The fraction of sp³-hybridized carbons (Fsp3) is 0.474. The number of allylic oxidation sites excluding steroid dienone is 2. The molecule has 0 fully saturated rings. The van der Waals surface area contributed by atoms with E-state index >= 15 is 0 Å². The highest BCUT2D eigenvalue weighted by molar-refractivity contribution is 7.71. The van der Waals surface area contributed by atoms with Gasteiger partial charge in [-0.05, 0) is 50.7 Å². The molecule has 2 N–H and O–H groups in total. The third-order valence-electron chi connectivity index (χ3n) is 4.73. The Kier molecular flexibility index (Phi) is 6.75. The van der Waals surface area contributed by atoms with E-state index in [1.807, 2.05) is 10.8 Å². The number of H-pyrrole nitrogens is 1. The highest BCUT2D eigenvalue weighted by Gasteiger charge is 2.12. The van der Waals surface area contributed by atoms with Crippen molar-refractivity contribution in [3.05, 3.63) is 51.1 Å². The topological polar surface area (TPSA) is 88.2 Å². The van der Waals surface area contributed by atoms with Crippen LogP contribution in [0.1, 0.15) is 44.1 Å². The summed E-state index contributed by atoms with van der Waals surface area (Å²) in [6.45, 7) is 1.91. The van der Waals surface area contributed by atoms with E-state index in [1.165, 1.54) is 24.6 Å². The van der Waals surface area contributed by atoms with Crippen molar-refractivity contribution in [2.45, 2.75) is 51.6 Å². The third-order valence-corrected chi connectivity index (χ3v) is 5.05. The Bertz CT molecular complexity index is 925. The van der Waals surface area contributed by atoms with Crippen LogP contribution in [0.4, 0.5) is 0 Å². The molecule has 2 aromatic heterocycles. The molecule has 0 bridgehead atoms. The molecule has 0 amide bonds. The molecular weight excluding hydrogens is 362 g/mol. The van der Waals surface area contributed by atoms with Gasteiger partial charge in [-0.3, -0.25) is 19.3 Å². The number of aliphatic imine (C=N–C) groups is 1. The van der Waals surface area contributed by atoms with Gasteiger partial charge in [0, 0.05) is 38.2 Å². The van der Waals surface area contributed by atoms with Gasteiger partial charge in [-0.25, -0.2) is 4.98 Å². The summed E-state index contributed by atoms with van der Waals surface area (Å²) in [4.78, 5) is 23.1. The maximum atomic E-state index is 12.2. The predicted octanol–water partition coefficient (Wildman–Crippen LogP) is 3.21. The maximum absolute atomic E-state index is 12.2. The molecule has 0 saturated carbocycles. The van der Waals surface area contributed by atoms with Crippen molar-refractivity contribution in [2.75, 3.05) is 6.54 Å². The Labute approximate surface area is 163 Å². The normalized spacial score (nSPS) is 14.6. The first-order chi connectivity index (χ1) is 13.1. The molecule has 3 rings (SSSR count). The van der Waals surface area contributed by atoms with Crippen LogP contribution in [-0.4, -0.2) is 37.0 Å². The maximum Gasteiger partial charge on any atom is 0.264 e. The lowest BCUT2D eigenvalue weighted by Gasteiger charge is -2.15. The first-order valence-electron chi connectivity index (χ1n) is 9.34. The van der Waals surface area contributed by atoms with Gasteiger partial charge >= 0.3 is 0 Å². The van der Waals surface area contributed by atoms with E-state index in [9.17, 15) is 9.90 Å². The molecule has 0 atom stereocenters. The summed E-state index contributed by atoms with van der Waals surface area (Å²) < 4.78 is 3.80. The standard InChI is InChI=1S/C19H25N5O2S/c25-17-16(13-20-8-4-10-23-12-9-21-14-23)18(26)24(19(27)22-17)11-7-15-5-2-1-3-6-15/h5,9,12-14,26H,1-4,6-8,10-11H2,(H,22,25,27). The van der Waals surface area contributed by atoms with Crippen LogP contribution in [0.25, 0.3) is 0 Å². The van der Waals surface area contributed by atoms with Gasteiger partial charge in [0.05, 0.1) is 6.33 Å². The Morgan fingerprint density at radius 1 is 1.37 bits per heavy atom. The van der Waals surface area contributed by atoms with Gasteiger partial charge in [-0.1, -0.05) is 11.6 Å². The fourth-order valence-electron chi connectivity index (χ4n) is 3.21. The molecule has 0 radical (unpaired) electrons. The van der Waals surface area contributed by atoms with E-state index in [1.54, 1.807) is 17.1 Å². The number of aromatic amines is 1. The van der Waals surface area contributed by atoms with Crippen LogP contribution < -0.4 is 5.56 Å². The minimum absolute atomic E-state index is 0.112. The molecule has 1 aliphatic carbocycles. The second-order valence-corrected chi connectivity index (χ2v) is 7.08. The summed E-state index contributed by atoms with van der Waals surface area (Å²) >= 11 is 5.23. The molecule has 0 saturated heterocycles. The fourth-order valence-corrected chi connectivity index (χ4v) is 3.48. The van der Waals surface area contributed by atoms with Gasteiger partial charge in [0.15, 0.2) is 4.77 Å². The number of hydrogen-bond acceptors (Lipinski definition) is 5. The van der Waals surface area contributed by atoms with E-state index in [4.69, 9.17) is 12.2 Å². The SMILES string of the molecule is O=c1[nH]c(=S)n(CCC2=CCCCC2)c(O)c1C=NCCCn1ccnc1. The minimum Gasteiger partial charge on any atom is -0.494 e. The molecule has 0 unspecified atom stereocenters. The third kappa shape index (κ3) is 5.26. The van der Waals surface area contributed by atoms with Crippen molar-refractivity contribution >= 4 is 18.4 Å². The second-order valence-electron chi connectivity index (χ2n) is 6.70. The van der Waals surface area contributed by atoms with Gasteiger partial charge in [0.2, 0.25) is 5.88 Å². The van der Waals surface area contributed by atoms with Crippen LogP contribution in [0.3, 0.4) is 0 Å². The molecule has 27 heavy (non-hydrogen) atoms. The first-order valence-corrected chi connectivity index (χ1v) is 9.75. The molecular formula is C19H25N5O2S. The number of hydrogen-bond donors (Lipinski definition) is 2. The summed E-state index contributed by atoms with van der Waals surface area (Å²) in [5, 5.41) is 10.5. The highest BCUT2D eigenvalue weighted by atomic mass is 32.1. The van der Waals surface area contributed by atoms with Crippen LogP contribution in [0.2, 0.25) is 0 Å². The summed E-state index contributed by atoms with van der Waals surface area (Å²) in [6.07, 6.45) is 15.4. The van der Waals surface area contributed by atoms with Gasteiger partial charge in [-0.2, -0.15) is 0 Å². The first kappa shape index (κ1) is 19.3. The number of aromatic hydroxyl groups is 1. The molecule has 2 aromatic rings. The Morgan fingerprint density at radius 3 is 3.00 bits per heavy atom. The number of nitrogens with one attached hydrogen (secondary N) is 1. The summed E-state index contributed by atoms with van der Waals surface area (Å²) in [5.74, 6) is -0.112. The number of aryl methyl sites for hydroxylation is 1. The monoisotopic (exact) mass is 387 g/mol. The predicted molar refractivity (Wildman–Crippen MR) is 108 cm³/mol. The van der Waals surface area contributed by atoms with Crippen molar-refractivity contribution in [3.63, 3.8) is 0 Å². The lowest BCUT2D eigenvalue weighted by molar-refractivity contribution is 0.402.